The van der Waals surface area contributed by atoms with Crippen LogP contribution >= 0.6 is 0 Å². The predicted molar refractivity (Wildman–Crippen MR) is 44.4 cm³/mol. The Kier molecular flexibility index (Phi) is 3.46. The van der Waals surface area contributed by atoms with Crippen molar-refractivity contribution in [3.63, 3.8) is 0 Å². The molecule has 1 fully saturated rings. The molecule has 0 aromatic carbocycles. The molecule has 4 heteroatoms. The first-order valence-electron chi connectivity index (χ1n) is 4.39. The monoisotopic (exact) mass is 175 g/mol. The highest BCUT2D eigenvalue weighted by atomic mass is 16.3. The number of rotatable bonds is 3. The van der Waals surface area contributed by atoms with Crippen molar-refractivity contribution < 1.29 is 15.3 Å². The minimum Gasteiger partial charge on any atom is -0.396 e. The summed E-state index contributed by atoms with van der Waals surface area (Å²) in [5.41, 5.74) is 5.56. The zero-order valence-electron chi connectivity index (χ0n) is 7.06. The lowest BCUT2D eigenvalue weighted by Gasteiger charge is -2.15. The van der Waals surface area contributed by atoms with Gasteiger partial charge in [-0.3, -0.25) is 0 Å². The van der Waals surface area contributed by atoms with Crippen LogP contribution in [0.1, 0.15) is 19.3 Å². The summed E-state index contributed by atoms with van der Waals surface area (Å²) in [7, 11) is 0. The molecule has 1 aliphatic carbocycles. The largest absolute Gasteiger partial charge is 0.396 e. The van der Waals surface area contributed by atoms with Gasteiger partial charge in [-0.25, -0.2) is 0 Å². The molecule has 0 aliphatic heterocycles. The Balaban J connectivity index is 2.36. The quantitative estimate of drug-likeness (QED) is 0.435. The first-order valence-corrected chi connectivity index (χ1v) is 4.39. The van der Waals surface area contributed by atoms with Gasteiger partial charge in [-0.1, -0.05) is 0 Å². The molecule has 12 heavy (non-hydrogen) atoms. The number of nitrogens with two attached hydrogens (primary N) is 1. The molecule has 5 N–H and O–H groups in total. The van der Waals surface area contributed by atoms with E-state index in [1.807, 2.05) is 0 Å². The van der Waals surface area contributed by atoms with Crippen molar-refractivity contribution in [3.05, 3.63) is 0 Å². The van der Waals surface area contributed by atoms with Gasteiger partial charge in [0.1, 0.15) is 0 Å². The standard InChI is InChI=1S/C8H17NO3/c9-6-4-5(2-1-3-10)7(11)8(6)12/h5-8,10-12H,1-4,9H2/t5-,6+,7+,8-/m0/s1. The van der Waals surface area contributed by atoms with Crippen molar-refractivity contribution in [1.29, 1.82) is 0 Å². The van der Waals surface area contributed by atoms with Gasteiger partial charge in [0.25, 0.3) is 0 Å². The average Bonchev–Trinajstić information content (AvgIpc) is 2.30. The van der Waals surface area contributed by atoms with Crippen LogP contribution in [-0.4, -0.2) is 40.2 Å². The molecule has 0 spiro atoms. The van der Waals surface area contributed by atoms with Crippen molar-refractivity contribution in [1.82, 2.24) is 0 Å². The van der Waals surface area contributed by atoms with Crippen LogP contribution in [-0.2, 0) is 0 Å². The zero-order chi connectivity index (χ0) is 9.14. The number of aliphatic hydroxyl groups is 3. The lowest BCUT2D eigenvalue weighted by Crippen LogP contribution is -2.35. The maximum atomic E-state index is 9.44. The molecule has 0 amide bonds. The Morgan fingerprint density at radius 3 is 2.33 bits per heavy atom. The molecule has 0 saturated heterocycles. The number of hydrogen-bond donors (Lipinski definition) is 4. The van der Waals surface area contributed by atoms with E-state index in [0.29, 0.717) is 12.8 Å². The molecule has 1 rings (SSSR count). The highest BCUT2D eigenvalue weighted by Gasteiger charge is 2.38. The fraction of sp³-hybridized carbons (Fsp3) is 1.00. The molecule has 0 aromatic rings. The van der Waals surface area contributed by atoms with E-state index >= 15 is 0 Å². The van der Waals surface area contributed by atoms with E-state index in [9.17, 15) is 10.2 Å². The van der Waals surface area contributed by atoms with E-state index in [1.54, 1.807) is 0 Å². The molecular formula is C8H17NO3. The molecule has 1 saturated carbocycles. The van der Waals surface area contributed by atoms with Crippen LogP contribution in [0.15, 0.2) is 0 Å². The Morgan fingerprint density at radius 2 is 1.92 bits per heavy atom. The predicted octanol–water partition coefficient (Wildman–Crippen LogP) is -1.17. The fourth-order valence-electron chi connectivity index (χ4n) is 1.80. The van der Waals surface area contributed by atoms with Gasteiger partial charge in [-0.2, -0.15) is 0 Å². The number of aliphatic hydroxyl groups excluding tert-OH is 3. The summed E-state index contributed by atoms with van der Waals surface area (Å²) >= 11 is 0. The summed E-state index contributed by atoms with van der Waals surface area (Å²) in [5, 5.41) is 27.3. The number of hydrogen-bond acceptors (Lipinski definition) is 4. The zero-order valence-corrected chi connectivity index (χ0v) is 7.06. The van der Waals surface area contributed by atoms with Crippen molar-refractivity contribution in [2.24, 2.45) is 11.7 Å². The van der Waals surface area contributed by atoms with Gasteiger partial charge >= 0.3 is 0 Å². The van der Waals surface area contributed by atoms with Gasteiger partial charge < -0.3 is 21.1 Å². The topological polar surface area (TPSA) is 86.7 Å². The van der Waals surface area contributed by atoms with Crippen molar-refractivity contribution in [2.75, 3.05) is 6.61 Å². The second kappa shape index (κ2) is 4.18. The minimum absolute atomic E-state index is 0.0575. The van der Waals surface area contributed by atoms with E-state index in [0.717, 1.165) is 6.42 Å². The Hall–Kier alpha value is -0.160. The first-order chi connectivity index (χ1) is 5.66. The Bertz CT molecular complexity index is 142. The van der Waals surface area contributed by atoms with Gasteiger partial charge in [0.2, 0.25) is 0 Å². The van der Waals surface area contributed by atoms with E-state index < -0.39 is 12.2 Å². The van der Waals surface area contributed by atoms with Gasteiger partial charge in [-0.15, -0.1) is 0 Å². The smallest absolute Gasteiger partial charge is 0.0952 e. The van der Waals surface area contributed by atoms with Crippen LogP contribution in [0.2, 0.25) is 0 Å². The molecule has 0 bridgehead atoms. The normalized spacial score (nSPS) is 42.0. The molecular weight excluding hydrogens is 158 g/mol. The summed E-state index contributed by atoms with van der Waals surface area (Å²) < 4.78 is 0. The van der Waals surface area contributed by atoms with Crippen molar-refractivity contribution >= 4 is 0 Å². The lowest BCUT2D eigenvalue weighted by atomic mass is 9.99. The fourth-order valence-corrected chi connectivity index (χ4v) is 1.80. The van der Waals surface area contributed by atoms with Crippen LogP contribution in [0, 0.1) is 5.92 Å². The van der Waals surface area contributed by atoms with Gasteiger partial charge in [0.15, 0.2) is 0 Å². The van der Waals surface area contributed by atoms with Gasteiger partial charge in [0, 0.05) is 12.6 Å². The van der Waals surface area contributed by atoms with E-state index in [2.05, 4.69) is 0 Å². The average molecular weight is 175 g/mol. The molecule has 4 atom stereocenters. The molecule has 0 aromatic heterocycles. The third-order valence-electron chi connectivity index (χ3n) is 2.58. The van der Waals surface area contributed by atoms with E-state index in [4.69, 9.17) is 10.8 Å². The van der Waals surface area contributed by atoms with Crippen LogP contribution in [0.4, 0.5) is 0 Å². The molecule has 0 unspecified atom stereocenters. The highest BCUT2D eigenvalue weighted by molar-refractivity contribution is 4.93. The maximum absolute atomic E-state index is 9.44. The molecule has 0 heterocycles. The summed E-state index contributed by atoms with van der Waals surface area (Å²) in [5.74, 6) is 0.0575. The van der Waals surface area contributed by atoms with E-state index in [-0.39, 0.29) is 18.6 Å². The molecule has 4 nitrogen and oxygen atoms in total. The molecule has 1 aliphatic rings. The van der Waals surface area contributed by atoms with Crippen molar-refractivity contribution in [3.8, 4) is 0 Å². The third kappa shape index (κ3) is 1.95. The molecule has 0 radical (unpaired) electrons. The maximum Gasteiger partial charge on any atom is 0.0952 e. The summed E-state index contributed by atoms with van der Waals surface area (Å²) in [6.45, 7) is 0.133. The molecule has 72 valence electrons. The van der Waals surface area contributed by atoms with Crippen LogP contribution in [0.25, 0.3) is 0 Å². The summed E-state index contributed by atoms with van der Waals surface area (Å²) in [6, 6.07) is -0.302. The van der Waals surface area contributed by atoms with Crippen molar-refractivity contribution in [2.45, 2.75) is 37.5 Å². The second-order valence-electron chi connectivity index (χ2n) is 3.51. The Labute approximate surface area is 72.0 Å². The van der Waals surface area contributed by atoms with Crippen LogP contribution in [0.5, 0.6) is 0 Å². The van der Waals surface area contributed by atoms with Crippen LogP contribution < -0.4 is 5.73 Å². The Morgan fingerprint density at radius 1 is 1.25 bits per heavy atom. The third-order valence-corrected chi connectivity index (χ3v) is 2.58. The SMILES string of the molecule is N[C@@H]1C[C@H](CCCO)[C@@H](O)[C@H]1O. The van der Waals surface area contributed by atoms with Gasteiger partial charge in [-0.05, 0) is 25.2 Å². The summed E-state index contributed by atoms with van der Waals surface area (Å²) in [6.07, 6.45) is 0.576. The minimum atomic E-state index is -0.784. The first kappa shape index (κ1) is 9.92. The van der Waals surface area contributed by atoms with E-state index in [1.165, 1.54) is 0 Å². The summed E-state index contributed by atoms with van der Waals surface area (Å²) in [4.78, 5) is 0. The second-order valence-corrected chi connectivity index (χ2v) is 3.51. The van der Waals surface area contributed by atoms with Gasteiger partial charge in [0.05, 0.1) is 12.2 Å². The highest BCUT2D eigenvalue weighted by Crippen LogP contribution is 2.28. The lowest BCUT2D eigenvalue weighted by molar-refractivity contribution is 0.0127. The van der Waals surface area contributed by atoms with Crippen LogP contribution in [0.3, 0.4) is 0 Å².